The van der Waals surface area contributed by atoms with Gasteiger partial charge in [-0.05, 0) is 62.7 Å². The normalized spacial score (nSPS) is 36.3. The lowest BCUT2D eigenvalue weighted by Gasteiger charge is -2.48. The van der Waals surface area contributed by atoms with Crippen molar-refractivity contribution < 1.29 is 41.0 Å². The second kappa shape index (κ2) is 6.37. The number of ether oxygens (including phenoxy) is 1. The van der Waals surface area contributed by atoms with Crippen LogP contribution in [0, 0.1) is 29.1 Å². The predicted octanol–water partition coefficient (Wildman–Crippen LogP) is 4.79. The molecule has 1 N–H and O–H groups in total. The molecule has 3 saturated carbocycles. The number of carbonyl (C=O) groups is 1. The van der Waals surface area contributed by atoms with Crippen LogP contribution in [0.4, 0.5) is 26.3 Å². The summed E-state index contributed by atoms with van der Waals surface area (Å²) in [7, 11) is 0. The Morgan fingerprint density at radius 3 is 2.14 bits per heavy atom. The summed E-state index contributed by atoms with van der Waals surface area (Å²) in [5.74, 6) is -1.20. The van der Waals surface area contributed by atoms with E-state index in [1.165, 1.54) is 0 Å². The van der Waals surface area contributed by atoms with Crippen LogP contribution in [0.5, 0.6) is 0 Å². The lowest BCUT2D eigenvalue weighted by atomic mass is 9.62. The van der Waals surface area contributed by atoms with Crippen molar-refractivity contribution in [3.8, 4) is 0 Å². The summed E-state index contributed by atoms with van der Waals surface area (Å²) in [5, 5.41) is 10.2. The summed E-state index contributed by atoms with van der Waals surface area (Å²) in [6.45, 7) is 6.18. The van der Waals surface area contributed by atoms with Gasteiger partial charge in [-0.3, -0.25) is 0 Å². The summed E-state index contributed by atoms with van der Waals surface area (Å²) in [6.07, 6.45) is -13.2. The minimum atomic E-state index is -6.06. The number of fused-ring (bicyclic) bond motifs is 1. The molecule has 3 aliphatic rings. The minimum absolute atomic E-state index is 0.00856. The van der Waals surface area contributed by atoms with E-state index in [1.807, 2.05) is 0 Å². The molecule has 3 aliphatic carbocycles. The van der Waals surface area contributed by atoms with Crippen molar-refractivity contribution in [3.63, 3.8) is 0 Å². The molecule has 0 amide bonds. The van der Waals surface area contributed by atoms with Crippen LogP contribution in [0.15, 0.2) is 12.2 Å². The fourth-order valence-corrected chi connectivity index (χ4v) is 5.94. The third-order valence-corrected chi connectivity index (χ3v) is 6.96. The molecule has 3 fully saturated rings. The molecule has 3 nitrogen and oxygen atoms in total. The fraction of sp³-hybridized carbons (Fsp3) is 0.842. The minimum Gasteiger partial charge on any atom is -0.455 e. The predicted molar refractivity (Wildman–Crippen MR) is 86.9 cm³/mol. The van der Waals surface area contributed by atoms with Crippen molar-refractivity contribution >= 4 is 5.97 Å². The molecular formula is C19H24F6O3. The van der Waals surface area contributed by atoms with Crippen molar-refractivity contribution in [1.29, 1.82) is 0 Å². The summed E-state index contributed by atoms with van der Waals surface area (Å²) < 4.78 is 87.0. The van der Waals surface area contributed by atoms with E-state index < -0.39 is 35.4 Å². The third-order valence-electron chi connectivity index (χ3n) is 6.96. The van der Waals surface area contributed by atoms with E-state index in [2.05, 4.69) is 6.58 Å². The average molecular weight is 414 g/mol. The van der Waals surface area contributed by atoms with Gasteiger partial charge in [-0.2, -0.15) is 26.3 Å². The number of aliphatic hydroxyl groups is 1. The van der Waals surface area contributed by atoms with E-state index in [1.54, 1.807) is 6.92 Å². The molecule has 0 heterocycles. The van der Waals surface area contributed by atoms with E-state index in [0.29, 0.717) is 0 Å². The van der Waals surface area contributed by atoms with Gasteiger partial charge in [0.25, 0.3) is 5.60 Å². The van der Waals surface area contributed by atoms with Gasteiger partial charge in [-0.25, -0.2) is 4.79 Å². The van der Waals surface area contributed by atoms with Gasteiger partial charge in [0.05, 0.1) is 0 Å². The first-order valence-electron chi connectivity index (χ1n) is 9.34. The molecule has 6 atom stereocenters. The molecule has 0 aromatic carbocycles. The van der Waals surface area contributed by atoms with Gasteiger partial charge in [0.15, 0.2) is 6.10 Å². The highest BCUT2D eigenvalue weighted by Gasteiger charge is 2.80. The van der Waals surface area contributed by atoms with Crippen LogP contribution in [-0.4, -0.2) is 35.1 Å². The summed E-state index contributed by atoms with van der Waals surface area (Å²) in [6, 6.07) is 0. The molecule has 3 rings (SSSR count). The molecular weight excluding hydrogens is 390 g/mol. The van der Waals surface area contributed by atoms with Crippen LogP contribution in [-0.2, 0) is 9.53 Å². The topological polar surface area (TPSA) is 46.5 Å². The molecule has 0 aliphatic heterocycles. The van der Waals surface area contributed by atoms with Gasteiger partial charge in [-0.15, -0.1) is 0 Å². The Morgan fingerprint density at radius 2 is 1.64 bits per heavy atom. The number of hydrogen-bond donors (Lipinski definition) is 1. The van der Waals surface area contributed by atoms with Gasteiger partial charge in [0, 0.05) is 11.0 Å². The van der Waals surface area contributed by atoms with Crippen molar-refractivity contribution in [1.82, 2.24) is 0 Å². The van der Waals surface area contributed by atoms with Crippen molar-refractivity contribution in [2.45, 2.75) is 70.0 Å². The van der Waals surface area contributed by atoms with Gasteiger partial charge in [-0.1, -0.05) is 13.5 Å². The maximum atomic E-state index is 13.7. The Morgan fingerprint density at radius 1 is 1.07 bits per heavy atom. The van der Waals surface area contributed by atoms with E-state index in [-0.39, 0.29) is 48.5 Å². The summed E-state index contributed by atoms with van der Waals surface area (Å²) >= 11 is 0. The highest BCUT2D eigenvalue weighted by atomic mass is 19.4. The Balaban J connectivity index is 2.14. The maximum absolute atomic E-state index is 13.7. The fourth-order valence-electron chi connectivity index (χ4n) is 5.94. The zero-order valence-electron chi connectivity index (χ0n) is 15.7. The number of alkyl halides is 6. The standard InChI is InChI=1S/C19H24F6O3/c1-9(2)14(26)28-15(17(27,18(20,21)22)19(23,24)25)16-6-10(3)4-11-5-12(7-16)13(11)8-16/h10-13,15,27H,1,4-8H2,2-3H3. The Hall–Kier alpha value is -1.25. The summed E-state index contributed by atoms with van der Waals surface area (Å²) in [4.78, 5) is 12.1. The van der Waals surface area contributed by atoms with Crippen molar-refractivity contribution in [3.05, 3.63) is 12.2 Å². The molecule has 2 bridgehead atoms. The second-order valence-electron chi connectivity index (χ2n) is 9.06. The van der Waals surface area contributed by atoms with Crippen LogP contribution >= 0.6 is 0 Å². The van der Waals surface area contributed by atoms with Crippen LogP contribution in [0.3, 0.4) is 0 Å². The zero-order valence-corrected chi connectivity index (χ0v) is 15.7. The highest BCUT2D eigenvalue weighted by molar-refractivity contribution is 5.87. The van der Waals surface area contributed by atoms with Crippen LogP contribution in [0.2, 0.25) is 0 Å². The average Bonchev–Trinajstić information content (AvgIpc) is 2.73. The van der Waals surface area contributed by atoms with Gasteiger partial charge in [0.1, 0.15) is 0 Å². The quantitative estimate of drug-likeness (QED) is 0.409. The smallest absolute Gasteiger partial charge is 0.430 e. The van der Waals surface area contributed by atoms with E-state index in [0.717, 1.165) is 19.8 Å². The Labute approximate surface area is 159 Å². The van der Waals surface area contributed by atoms with Crippen molar-refractivity contribution in [2.75, 3.05) is 0 Å². The van der Waals surface area contributed by atoms with Crippen molar-refractivity contribution in [2.24, 2.45) is 29.1 Å². The highest BCUT2D eigenvalue weighted by Crippen LogP contribution is 2.68. The first kappa shape index (κ1) is 21.5. The number of halogens is 6. The number of esters is 1. The lowest BCUT2D eigenvalue weighted by Crippen LogP contribution is -2.69. The molecule has 160 valence electrons. The first-order chi connectivity index (χ1) is 12.6. The number of rotatable bonds is 4. The first-order valence-corrected chi connectivity index (χ1v) is 9.34. The SMILES string of the molecule is C=C(C)C(=O)OC(C12CC(C)CC3CC(C1)C3C2)C(O)(C(F)(F)F)C(F)(F)F. The van der Waals surface area contributed by atoms with E-state index in [4.69, 9.17) is 4.74 Å². The summed E-state index contributed by atoms with van der Waals surface area (Å²) in [5.41, 5.74) is -7.05. The molecule has 0 radical (unpaired) electrons. The van der Waals surface area contributed by atoms with Crippen LogP contribution in [0.1, 0.15) is 46.0 Å². The molecule has 9 heteroatoms. The zero-order chi connectivity index (χ0) is 21.3. The lowest BCUT2D eigenvalue weighted by molar-refractivity contribution is -0.402. The molecule has 28 heavy (non-hydrogen) atoms. The second-order valence-corrected chi connectivity index (χ2v) is 9.06. The molecule has 0 saturated heterocycles. The molecule has 0 spiro atoms. The van der Waals surface area contributed by atoms with Gasteiger partial charge < -0.3 is 9.84 Å². The van der Waals surface area contributed by atoms with Gasteiger partial charge >= 0.3 is 18.3 Å². The monoisotopic (exact) mass is 414 g/mol. The third kappa shape index (κ3) is 3.04. The number of carbonyl (C=O) groups excluding carboxylic acids is 1. The molecule has 0 aromatic heterocycles. The van der Waals surface area contributed by atoms with E-state index in [9.17, 15) is 36.2 Å². The Bertz CT molecular complexity index is 652. The maximum Gasteiger partial charge on any atom is 0.430 e. The van der Waals surface area contributed by atoms with E-state index >= 15 is 0 Å². The van der Waals surface area contributed by atoms with Crippen LogP contribution in [0.25, 0.3) is 0 Å². The van der Waals surface area contributed by atoms with Gasteiger partial charge in [0.2, 0.25) is 0 Å². The molecule has 6 unspecified atom stereocenters. The molecule has 0 aromatic rings. The Kier molecular flexibility index (Phi) is 4.88. The number of hydrogen-bond acceptors (Lipinski definition) is 3. The largest absolute Gasteiger partial charge is 0.455 e. The van der Waals surface area contributed by atoms with Crippen LogP contribution < -0.4 is 0 Å².